The Morgan fingerprint density at radius 3 is 2.38 bits per heavy atom. The third-order valence-electron chi connectivity index (χ3n) is 4.65. The summed E-state index contributed by atoms with van der Waals surface area (Å²) in [7, 11) is 4.44. The van der Waals surface area contributed by atoms with Gasteiger partial charge in [0.2, 0.25) is 0 Å². The Hall–Kier alpha value is -0.0800. The normalized spacial score (nSPS) is 39.0. The molecule has 0 saturated heterocycles. The maximum absolute atomic E-state index is 3.51. The summed E-state index contributed by atoms with van der Waals surface area (Å²) in [6.45, 7) is 5.01. The molecule has 4 unspecified atom stereocenters. The van der Waals surface area contributed by atoms with E-state index in [4.69, 9.17) is 0 Å². The van der Waals surface area contributed by atoms with Gasteiger partial charge in [0.15, 0.2) is 0 Å². The quantitative estimate of drug-likeness (QED) is 0.771. The van der Waals surface area contributed by atoms with Crippen molar-refractivity contribution in [1.82, 2.24) is 10.2 Å². The van der Waals surface area contributed by atoms with E-state index < -0.39 is 0 Å². The Labute approximate surface area is 101 Å². The first-order chi connectivity index (χ1) is 7.70. The van der Waals surface area contributed by atoms with Gasteiger partial charge in [-0.15, -0.1) is 0 Å². The molecular formula is C14H28N2. The molecule has 2 saturated carbocycles. The van der Waals surface area contributed by atoms with E-state index in [1.165, 1.54) is 45.2 Å². The molecule has 4 atom stereocenters. The highest BCUT2D eigenvalue weighted by molar-refractivity contribution is 4.86. The van der Waals surface area contributed by atoms with E-state index in [0.29, 0.717) is 0 Å². The van der Waals surface area contributed by atoms with Gasteiger partial charge in [-0.25, -0.2) is 0 Å². The van der Waals surface area contributed by atoms with Crippen molar-refractivity contribution in [1.29, 1.82) is 0 Å². The van der Waals surface area contributed by atoms with E-state index in [2.05, 4.69) is 31.2 Å². The van der Waals surface area contributed by atoms with Gasteiger partial charge in [-0.1, -0.05) is 19.8 Å². The molecular weight excluding hydrogens is 196 g/mol. The van der Waals surface area contributed by atoms with Crippen LogP contribution in [0.2, 0.25) is 0 Å². The molecule has 2 fully saturated rings. The molecule has 2 aliphatic carbocycles. The monoisotopic (exact) mass is 224 g/mol. The maximum atomic E-state index is 3.51. The first-order valence-electron chi connectivity index (χ1n) is 7.06. The van der Waals surface area contributed by atoms with Crippen molar-refractivity contribution in [2.75, 3.05) is 27.2 Å². The molecule has 2 nitrogen and oxygen atoms in total. The summed E-state index contributed by atoms with van der Waals surface area (Å²) < 4.78 is 0. The molecule has 0 aromatic carbocycles. The average Bonchev–Trinajstić information content (AvgIpc) is 2.94. The van der Waals surface area contributed by atoms with Gasteiger partial charge in [-0.2, -0.15) is 0 Å². The molecule has 0 aromatic rings. The van der Waals surface area contributed by atoms with Crippen LogP contribution in [-0.2, 0) is 0 Å². The first-order valence-corrected chi connectivity index (χ1v) is 7.06. The SMILES string of the molecule is CNC1CCCCC1CN(C)CC1CC1C. The Bertz CT molecular complexity index is 217. The minimum atomic E-state index is 0.771. The average molecular weight is 224 g/mol. The fraction of sp³-hybridized carbons (Fsp3) is 1.00. The number of rotatable bonds is 5. The van der Waals surface area contributed by atoms with Crippen LogP contribution in [0.1, 0.15) is 39.0 Å². The summed E-state index contributed by atoms with van der Waals surface area (Å²) >= 11 is 0. The lowest BCUT2D eigenvalue weighted by molar-refractivity contribution is 0.189. The number of nitrogens with zero attached hydrogens (tertiary/aromatic N) is 1. The molecule has 94 valence electrons. The molecule has 0 spiro atoms. The van der Waals surface area contributed by atoms with Gasteiger partial charge in [0.05, 0.1) is 0 Å². The highest BCUT2D eigenvalue weighted by Crippen LogP contribution is 2.38. The predicted octanol–water partition coefficient (Wildman–Crippen LogP) is 2.35. The zero-order chi connectivity index (χ0) is 11.5. The van der Waals surface area contributed by atoms with Crippen molar-refractivity contribution < 1.29 is 0 Å². The highest BCUT2D eigenvalue weighted by atomic mass is 15.1. The maximum Gasteiger partial charge on any atom is 0.0104 e. The van der Waals surface area contributed by atoms with Gasteiger partial charge in [0, 0.05) is 19.1 Å². The molecule has 1 N–H and O–H groups in total. The van der Waals surface area contributed by atoms with Crippen molar-refractivity contribution in [3.63, 3.8) is 0 Å². The molecule has 2 heteroatoms. The van der Waals surface area contributed by atoms with Crippen LogP contribution < -0.4 is 5.32 Å². The van der Waals surface area contributed by atoms with Crippen LogP contribution in [0.15, 0.2) is 0 Å². The third kappa shape index (κ3) is 3.21. The molecule has 0 aliphatic heterocycles. The number of hydrogen-bond donors (Lipinski definition) is 1. The lowest BCUT2D eigenvalue weighted by Gasteiger charge is -2.34. The van der Waals surface area contributed by atoms with Crippen molar-refractivity contribution in [2.24, 2.45) is 17.8 Å². The third-order valence-corrected chi connectivity index (χ3v) is 4.65. The standard InChI is InChI=1S/C14H28N2/c1-11-8-13(11)10-16(3)9-12-6-4-5-7-14(12)15-2/h11-15H,4-10H2,1-3H3. The second kappa shape index (κ2) is 5.50. The van der Waals surface area contributed by atoms with Gasteiger partial charge in [0.25, 0.3) is 0 Å². The van der Waals surface area contributed by atoms with Gasteiger partial charge >= 0.3 is 0 Å². The smallest absolute Gasteiger partial charge is 0.0104 e. The van der Waals surface area contributed by atoms with Gasteiger partial charge in [-0.05, 0) is 51.1 Å². The summed E-state index contributed by atoms with van der Waals surface area (Å²) in [6, 6.07) is 0.771. The Balaban J connectivity index is 1.73. The van der Waals surface area contributed by atoms with Crippen molar-refractivity contribution in [2.45, 2.75) is 45.1 Å². The first kappa shape index (κ1) is 12.4. The molecule has 0 heterocycles. The predicted molar refractivity (Wildman–Crippen MR) is 69.6 cm³/mol. The minimum Gasteiger partial charge on any atom is -0.317 e. The molecule has 16 heavy (non-hydrogen) atoms. The van der Waals surface area contributed by atoms with Crippen LogP contribution in [0.5, 0.6) is 0 Å². The van der Waals surface area contributed by atoms with Crippen LogP contribution in [-0.4, -0.2) is 38.1 Å². The van der Waals surface area contributed by atoms with E-state index in [1.807, 2.05) is 0 Å². The van der Waals surface area contributed by atoms with Crippen LogP contribution >= 0.6 is 0 Å². The van der Waals surface area contributed by atoms with Gasteiger partial charge < -0.3 is 10.2 Å². The summed E-state index contributed by atoms with van der Waals surface area (Å²) in [4.78, 5) is 2.58. The van der Waals surface area contributed by atoms with Gasteiger partial charge in [0.1, 0.15) is 0 Å². The topological polar surface area (TPSA) is 15.3 Å². The van der Waals surface area contributed by atoms with Gasteiger partial charge in [-0.3, -0.25) is 0 Å². The summed E-state index contributed by atoms with van der Waals surface area (Å²) in [5, 5.41) is 3.51. The molecule has 0 radical (unpaired) electrons. The summed E-state index contributed by atoms with van der Waals surface area (Å²) in [5.74, 6) is 2.88. The number of nitrogens with one attached hydrogen (secondary N) is 1. The van der Waals surface area contributed by atoms with E-state index >= 15 is 0 Å². The van der Waals surface area contributed by atoms with E-state index in [1.54, 1.807) is 0 Å². The zero-order valence-corrected chi connectivity index (χ0v) is 11.2. The summed E-state index contributed by atoms with van der Waals surface area (Å²) in [5.41, 5.74) is 0. The lowest BCUT2D eigenvalue weighted by Crippen LogP contribution is -2.42. The molecule has 0 aromatic heterocycles. The molecule has 0 amide bonds. The van der Waals surface area contributed by atoms with Crippen LogP contribution in [0.25, 0.3) is 0 Å². The van der Waals surface area contributed by atoms with Crippen LogP contribution in [0, 0.1) is 17.8 Å². The van der Waals surface area contributed by atoms with E-state index in [-0.39, 0.29) is 0 Å². The Morgan fingerprint density at radius 1 is 1.12 bits per heavy atom. The Morgan fingerprint density at radius 2 is 1.75 bits per heavy atom. The van der Waals surface area contributed by atoms with E-state index in [9.17, 15) is 0 Å². The molecule has 0 bridgehead atoms. The minimum absolute atomic E-state index is 0.771. The highest BCUT2D eigenvalue weighted by Gasteiger charge is 2.34. The van der Waals surface area contributed by atoms with Crippen LogP contribution in [0.4, 0.5) is 0 Å². The molecule has 2 aliphatic rings. The summed E-state index contributed by atoms with van der Waals surface area (Å²) in [6.07, 6.45) is 7.14. The van der Waals surface area contributed by atoms with Crippen molar-refractivity contribution in [3.05, 3.63) is 0 Å². The largest absolute Gasteiger partial charge is 0.317 e. The van der Waals surface area contributed by atoms with Crippen molar-refractivity contribution in [3.8, 4) is 0 Å². The van der Waals surface area contributed by atoms with Crippen molar-refractivity contribution >= 4 is 0 Å². The second-order valence-electron chi connectivity index (χ2n) is 6.13. The Kier molecular flexibility index (Phi) is 4.26. The van der Waals surface area contributed by atoms with Crippen LogP contribution in [0.3, 0.4) is 0 Å². The number of hydrogen-bond acceptors (Lipinski definition) is 2. The lowest BCUT2D eigenvalue weighted by atomic mass is 9.84. The fourth-order valence-corrected chi connectivity index (χ4v) is 3.33. The fourth-order valence-electron chi connectivity index (χ4n) is 3.33. The van der Waals surface area contributed by atoms with E-state index in [0.717, 1.165) is 23.8 Å². The second-order valence-corrected chi connectivity index (χ2v) is 6.13. The zero-order valence-electron chi connectivity index (χ0n) is 11.2. The molecule has 2 rings (SSSR count).